The topological polar surface area (TPSA) is 37.3 Å². The molecule has 17 heavy (non-hydrogen) atoms. The van der Waals surface area contributed by atoms with E-state index in [0.29, 0.717) is 0 Å². The zero-order valence-electron chi connectivity index (χ0n) is 8.32. The summed E-state index contributed by atoms with van der Waals surface area (Å²) >= 11 is 8.40. The number of rotatable bonds is 1. The van der Waals surface area contributed by atoms with Gasteiger partial charge in [0.2, 0.25) is 0 Å². The summed E-state index contributed by atoms with van der Waals surface area (Å²) in [4.78, 5) is 11.1. The molecule has 0 aromatic heterocycles. The maximum atomic E-state index is 12.3. The lowest BCUT2D eigenvalue weighted by molar-refractivity contribution is -0.0884. The molecule has 0 atom stereocenters. The number of carbonyl (C=O) groups is 1. The number of carbonyl (C=O) groups excluding carboxylic acids is 1. The third-order valence-electron chi connectivity index (χ3n) is 2.12. The van der Waals surface area contributed by atoms with E-state index in [1.54, 1.807) is 0 Å². The largest absolute Gasteiger partial charge is 0.505 e. The summed E-state index contributed by atoms with van der Waals surface area (Å²) < 4.78 is 37.0. The van der Waals surface area contributed by atoms with Crippen LogP contribution in [0.3, 0.4) is 0 Å². The lowest BCUT2D eigenvalue weighted by atomic mass is 9.84. The molecule has 0 aliphatic heterocycles. The molecule has 0 fully saturated rings. The van der Waals surface area contributed by atoms with Crippen molar-refractivity contribution in [1.29, 1.82) is 0 Å². The summed E-state index contributed by atoms with van der Waals surface area (Å²) in [5.74, 6) is -2.84. The molecule has 1 aromatic rings. The number of aromatic hydroxyl groups is 1. The first-order valence-corrected chi connectivity index (χ1v) is 5.33. The predicted octanol–water partition coefficient (Wildman–Crippen LogP) is 2.66. The fourth-order valence-corrected chi connectivity index (χ4v) is 1.99. The van der Waals surface area contributed by atoms with Crippen molar-refractivity contribution in [2.24, 2.45) is 0 Å². The average molecular weight is 327 g/mol. The van der Waals surface area contributed by atoms with Gasteiger partial charge in [-0.25, -0.2) is 0 Å². The van der Waals surface area contributed by atoms with Crippen molar-refractivity contribution in [1.82, 2.24) is 0 Å². The second kappa shape index (κ2) is 4.53. The third kappa shape index (κ3) is 2.45. The molecular weight excluding hydrogens is 323 g/mol. The number of halogens is 5. The van der Waals surface area contributed by atoms with Crippen LogP contribution in [0.25, 0.3) is 0 Å². The van der Waals surface area contributed by atoms with Gasteiger partial charge < -0.3 is 5.11 Å². The van der Waals surface area contributed by atoms with Gasteiger partial charge in [-0.1, -0.05) is 17.1 Å². The Morgan fingerprint density at radius 3 is 2.35 bits per heavy atom. The molecule has 8 heteroatoms. The fourth-order valence-electron chi connectivity index (χ4n) is 1.18. The first-order valence-electron chi connectivity index (χ1n) is 4.16. The maximum Gasteiger partial charge on any atom is 0.454 e. The summed E-state index contributed by atoms with van der Waals surface area (Å²) in [6.45, 7) is 1.35. The van der Waals surface area contributed by atoms with E-state index in [1.165, 1.54) is 6.92 Å². The minimum Gasteiger partial charge on any atom is -0.505 e. The Bertz CT molecular complexity index is 473. The van der Waals surface area contributed by atoms with Crippen LogP contribution in [0, 0.1) is 6.92 Å². The molecule has 0 unspecified atom stereocenters. The molecule has 1 aromatic carbocycles. The van der Waals surface area contributed by atoms with Gasteiger partial charge in [0, 0.05) is 5.56 Å². The van der Waals surface area contributed by atoms with Gasteiger partial charge in [-0.05, 0) is 28.4 Å². The lowest BCUT2D eigenvalue weighted by Crippen LogP contribution is -2.30. The van der Waals surface area contributed by atoms with Crippen LogP contribution in [0.4, 0.5) is 13.2 Å². The van der Waals surface area contributed by atoms with Crippen molar-refractivity contribution in [3.05, 3.63) is 20.6 Å². The Morgan fingerprint density at radius 2 is 1.94 bits per heavy atom. The van der Waals surface area contributed by atoms with Crippen LogP contribution in [0.2, 0.25) is 5.02 Å². The molecule has 1 N–H and O–H groups in total. The van der Waals surface area contributed by atoms with Crippen LogP contribution < -0.4 is 5.46 Å². The number of benzene rings is 1. The van der Waals surface area contributed by atoms with Crippen molar-refractivity contribution in [2.75, 3.05) is 0 Å². The second-order valence-electron chi connectivity index (χ2n) is 3.22. The number of Topliss-reactive ketones (excluding diaryl/α,β-unsaturated/α-hetero) is 1. The van der Waals surface area contributed by atoms with Crippen molar-refractivity contribution in [3.63, 3.8) is 0 Å². The monoisotopic (exact) mass is 326 g/mol. The minimum atomic E-state index is -5.11. The van der Waals surface area contributed by atoms with Crippen molar-refractivity contribution < 1.29 is 23.1 Å². The SMILES string of the molecule is [B]c1c(C)c(Br)c(O)c(Cl)c1C(=O)C(F)(F)F. The number of alkyl halides is 3. The van der Waals surface area contributed by atoms with Crippen LogP contribution in [-0.4, -0.2) is 24.9 Å². The summed E-state index contributed by atoms with van der Waals surface area (Å²) in [7, 11) is 5.40. The van der Waals surface area contributed by atoms with Crippen molar-refractivity contribution >= 4 is 46.6 Å². The highest BCUT2D eigenvalue weighted by Gasteiger charge is 2.42. The number of hydrogen-bond acceptors (Lipinski definition) is 2. The summed E-state index contributed by atoms with van der Waals surface area (Å²) in [6.07, 6.45) is -5.11. The molecule has 90 valence electrons. The van der Waals surface area contributed by atoms with Gasteiger partial charge in [0.25, 0.3) is 5.78 Å². The van der Waals surface area contributed by atoms with E-state index in [1.807, 2.05) is 0 Å². The quantitative estimate of drug-likeness (QED) is 0.636. The molecule has 0 heterocycles. The fraction of sp³-hybridized carbons (Fsp3) is 0.222. The van der Waals surface area contributed by atoms with E-state index in [0.717, 1.165) is 0 Å². The number of phenols is 1. The Kier molecular flexibility index (Phi) is 3.83. The predicted molar refractivity (Wildman–Crippen MR) is 61.3 cm³/mol. The first-order chi connectivity index (χ1) is 7.59. The molecule has 0 aliphatic carbocycles. The normalized spacial score (nSPS) is 11.6. The van der Waals surface area contributed by atoms with Crippen LogP contribution in [0.5, 0.6) is 5.75 Å². The third-order valence-corrected chi connectivity index (χ3v) is 3.46. The summed E-state index contributed by atoms with van der Waals surface area (Å²) in [6, 6.07) is 0. The second-order valence-corrected chi connectivity index (χ2v) is 4.39. The smallest absolute Gasteiger partial charge is 0.454 e. The molecule has 2 nitrogen and oxygen atoms in total. The van der Waals surface area contributed by atoms with Crippen LogP contribution in [-0.2, 0) is 0 Å². The lowest BCUT2D eigenvalue weighted by Gasteiger charge is -2.15. The molecule has 0 amide bonds. The standard InChI is InChI=1S/C9H4BBrClF3O2/c1-2-4(10)3(8(17)9(13,14)15)6(12)7(16)5(2)11/h16H,1H3. The van der Waals surface area contributed by atoms with Gasteiger partial charge in [0.15, 0.2) is 0 Å². The van der Waals surface area contributed by atoms with Gasteiger partial charge in [0.1, 0.15) is 13.6 Å². The van der Waals surface area contributed by atoms with Gasteiger partial charge >= 0.3 is 6.18 Å². The zero-order valence-corrected chi connectivity index (χ0v) is 10.7. The van der Waals surface area contributed by atoms with Crippen molar-refractivity contribution in [2.45, 2.75) is 13.1 Å². The molecule has 0 saturated carbocycles. The van der Waals surface area contributed by atoms with E-state index in [-0.39, 0.29) is 10.0 Å². The van der Waals surface area contributed by atoms with E-state index in [9.17, 15) is 23.1 Å². The van der Waals surface area contributed by atoms with E-state index in [4.69, 9.17) is 19.4 Å². The molecule has 0 aliphatic rings. The molecule has 2 radical (unpaired) electrons. The van der Waals surface area contributed by atoms with Gasteiger partial charge in [-0.3, -0.25) is 4.79 Å². The number of ketones is 1. The molecule has 0 bridgehead atoms. The Balaban J connectivity index is 3.62. The summed E-state index contributed by atoms with van der Waals surface area (Å²) in [5.41, 5.74) is -1.24. The average Bonchev–Trinajstić information content (AvgIpc) is 2.22. The van der Waals surface area contributed by atoms with E-state index >= 15 is 0 Å². The van der Waals surface area contributed by atoms with Gasteiger partial charge in [-0.15, -0.1) is 0 Å². The van der Waals surface area contributed by atoms with Crippen LogP contribution in [0.1, 0.15) is 15.9 Å². The first kappa shape index (κ1) is 14.4. The molecular formula is C9H4BBrClF3O2. The molecule has 1 rings (SSSR count). The number of phenolic OH excluding ortho intramolecular Hbond substituents is 1. The molecule has 0 saturated heterocycles. The Labute approximate surface area is 109 Å². The zero-order chi connectivity index (χ0) is 13.5. The van der Waals surface area contributed by atoms with Crippen LogP contribution >= 0.6 is 27.5 Å². The number of hydrogen-bond donors (Lipinski definition) is 1. The van der Waals surface area contributed by atoms with Crippen molar-refractivity contribution in [3.8, 4) is 5.75 Å². The van der Waals surface area contributed by atoms with Gasteiger partial charge in [0.05, 0.1) is 9.50 Å². The maximum absolute atomic E-state index is 12.3. The Hall–Kier alpha value is -0.685. The van der Waals surface area contributed by atoms with Crippen LogP contribution in [0.15, 0.2) is 4.47 Å². The van der Waals surface area contributed by atoms with E-state index < -0.39 is 33.8 Å². The summed E-state index contributed by atoms with van der Waals surface area (Å²) in [5, 5.41) is 8.73. The highest BCUT2D eigenvalue weighted by atomic mass is 79.9. The highest BCUT2D eigenvalue weighted by Crippen LogP contribution is 2.37. The molecule has 0 spiro atoms. The highest BCUT2D eigenvalue weighted by molar-refractivity contribution is 9.10. The minimum absolute atomic E-state index is 0.0544. The Morgan fingerprint density at radius 1 is 1.47 bits per heavy atom. The van der Waals surface area contributed by atoms with E-state index in [2.05, 4.69) is 15.9 Å². The van der Waals surface area contributed by atoms with Gasteiger partial charge in [-0.2, -0.15) is 13.2 Å².